The Bertz CT molecular complexity index is 462. The van der Waals surface area contributed by atoms with Gasteiger partial charge in [-0.15, -0.1) is 5.10 Å². The highest BCUT2D eigenvalue weighted by atomic mass is 16.5. The average Bonchev–Trinajstić information content (AvgIpc) is 3.04. The van der Waals surface area contributed by atoms with Crippen molar-refractivity contribution in [3.63, 3.8) is 0 Å². The largest absolute Gasteiger partial charge is 0.376 e. The van der Waals surface area contributed by atoms with E-state index in [-0.39, 0.29) is 12.0 Å². The maximum Gasteiger partial charge on any atom is 0.273 e. The number of hydrogen-bond acceptors (Lipinski definition) is 4. The van der Waals surface area contributed by atoms with Crippen molar-refractivity contribution >= 4 is 5.91 Å². The zero-order chi connectivity index (χ0) is 14.5. The van der Waals surface area contributed by atoms with Crippen LogP contribution in [-0.4, -0.2) is 40.2 Å². The lowest BCUT2D eigenvalue weighted by atomic mass is 9.96. The molecule has 1 saturated heterocycles. The third kappa shape index (κ3) is 3.81. The summed E-state index contributed by atoms with van der Waals surface area (Å²) in [5, 5.41) is 11.1. The van der Waals surface area contributed by atoms with E-state index >= 15 is 0 Å². The first kappa shape index (κ1) is 14.5. The highest BCUT2D eigenvalue weighted by Crippen LogP contribution is 2.27. The quantitative estimate of drug-likeness (QED) is 0.922. The Morgan fingerprint density at radius 2 is 2.05 bits per heavy atom. The molecule has 0 radical (unpaired) electrons. The maximum atomic E-state index is 12.1. The predicted octanol–water partition coefficient (Wildman–Crippen LogP) is 2.08. The molecule has 2 aliphatic rings. The maximum absolute atomic E-state index is 12.1. The van der Waals surface area contributed by atoms with Crippen LogP contribution in [0.5, 0.6) is 0 Å². The highest BCUT2D eigenvalue weighted by Gasteiger charge is 2.20. The van der Waals surface area contributed by atoms with Gasteiger partial charge in [-0.2, -0.15) is 0 Å². The molecule has 1 N–H and O–H groups in total. The monoisotopic (exact) mass is 292 g/mol. The molecule has 6 heteroatoms. The first-order valence-corrected chi connectivity index (χ1v) is 8.14. The summed E-state index contributed by atoms with van der Waals surface area (Å²) >= 11 is 0. The molecule has 0 spiro atoms. The summed E-state index contributed by atoms with van der Waals surface area (Å²) in [6, 6.07) is 0.412. The van der Waals surface area contributed by atoms with E-state index in [4.69, 9.17) is 4.74 Å². The molecule has 2 fully saturated rings. The molecule has 1 amide bonds. The van der Waals surface area contributed by atoms with Gasteiger partial charge in [0.15, 0.2) is 5.69 Å². The summed E-state index contributed by atoms with van der Waals surface area (Å²) in [6.45, 7) is 1.37. The molecular formula is C15H24N4O2. The fourth-order valence-electron chi connectivity index (χ4n) is 3.17. The van der Waals surface area contributed by atoms with Crippen LogP contribution >= 0.6 is 0 Å². The van der Waals surface area contributed by atoms with Crippen LogP contribution in [-0.2, 0) is 4.74 Å². The minimum atomic E-state index is -0.147. The second-order valence-electron chi connectivity index (χ2n) is 6.07. The number of carbonyl (C=O) groups is 1. The molecule has 6 nitrogen and oxygen atoms in total. The normalized spacial score (nSPS) is 23.9. The third-order valence-corrected chi connectivity index (χ3v) is 4.46. The van der Waals surface area contributed by atoms with Crippen molar-refractivity contribution in [1.29, 1.82) is 0 Å². The number of nitrogens with one attached hydrogen (secondary N) is 1. The molecule has 1 aliphatic carbocycles. The number of nitrogens with zero attached hydrogens (tertiary/aromatic N) is 3. The number of amides is 1. The van der Waals surface area contributed by atoms with Gasteiger partial charge in [0.2, 0.25) is 0 Å². The summed E-state index contributed by atoms with van der Waals surface area (Å²) < 4.78 is 7.47. The second-order valence-corrected chi connectivity index (χ2v) is 6.07. The first-order chi connectivity index (χ1) is 10.3. The zero-order valence-electron chi connectivity index (χ0n) is 12.5. The molecule has 1 aromatic rings. The van der Waals surface area contributed by atoms with Crippen LogP contribution in [0.25, 0.3) is 0 Å². The number of carbonyl (C=O) groups excluding carboxylic acids is 1. The third-order valence-electron chi connectivity index (χ3n) is 4.46. The van der Waals surface area contributed by atoms with Gasteiger partial charge >= 0.3 is 0 Å². The van der Waals surface area contributed by atoms with Gasteiger partial charge in [-0.3, -0.25) is 4.79 Å². The van der Waals surface area contributed by atoms with Gasteiger partial charge in [0.05, 0.1) is 18.3 Å². The molecule has 0 bridgehead atoms. The number of rotatable bonds is 4. The van der Waals surface area contributed by atoms with Crippen molar-refractivity contribution in [2.24, 2.45) is 0 Å². The van der Waals surface area contributed by atoms with Crippen molar-refractivity contribution in [3.05, 3.63) is 11.9 Å². The average molecular weight is 292 g/mol. The molecule has 116 valence electrons. The van der Waals surface area contributed by atoms with Crippen LogP contribution in [0.3, 0.4) is 0 Å². The second kappa shape index (κ2) is 7.02. The van der Waals surface area contributed by atoms with Gasteiger partial charge in [0.25, 0.3) is 5.91 Å². The van der Waals surface area contributed by atoms with E-state index in [1.165, 1.54) is 25.7 Å². The van der Waals surface area contributed by atoms with Crippen LogP contribution in [0.15, 0.2) is 6.20 Å². The van der Waals surface area contributed by atoms with E-state index in [1.54, 1.807) is 6.20 Å². The van der Waals surface area contributed by atoms with Gasteiger partial charge in [0.1, 0.15) is 0 Å². The van der Waals surface area contributed by atoms with Crippen LogP contribution in [0.2, 0.25) is 0 Å². The summed E-state index contributed by atoms with van der Waals surface area (Å²) in [5.41, 5.74) is 0.413. The number of hydrogen-bond donors (Lipinski definition) is 1. The summed E-state index contributed by atoms with van der Waals surface area (Å²) in [6.07, 6.45) is 11.3. The predicted molar refractivity (Wildman–Crippen MR) is 78.1 cm³/mol. The van der Waals surface area contributed by atoms with Crippen molar-refractivity contribution in [2.75, 3.05) is 13.2 Å². The molecule has 1 atom stereocenters. The first-order valence-electron chi connectivity index (χ1n) is 8.14. The lowest BCUT2D eigenvalue weighted by molar-refractivity contribution is 0.0168. The topological polar surface area (TPSA) is 69.0 Å². The number of ether oxygens (including phenoxy) is 1. The summed E-state index contributed by atoms with van der Waals surface area (Å²) in [5.74, 6) is -0.147. The van der Waals surface area contributed by atoms with Crippen molar-refractivity contribution in [1.82, 2.24) is 20.3 Å². The summed E-state index contributed by atoms with van der Waals surface area (Å²) in [7, 11) is 0. The van der Waals surface area contributed by atoms with Crippen LogP contribution in [0, 0.1) is 0 Å². The smallest absolute Gasteiger partial charge is 0.273 e. The van der Waals surface area contributed by atoms with Gasteiger partial charge in [0, 0.05) is 13.2 Å². The van der Waals surface area contributed by atoms with Gasteiger partial charge < -0.3 is 10.1 Å². The zero-order valence-corrected chi connectivity index (χ0v) is 12.5. The van der Waals surface area contributed by atoms with E-state index in [2.05, 4.69) is 15.6 Å². The van der Waals surface area contributed by atoms with E-state index in [0.717, 1.165) is 32.3 Å². The van der Waals surface area contributed by atoms with Crippen molar-refractivity contribution in [3.8, 4) is 0 Å². The Balaban J connectivity index is 1.51. The minimum absolute atomic E-state index is 0.147. The van der Waals surface area contributed by atoms with E-state index in [0.29, 0.717) is 18.3 Å². The Kier molecular flexibility index (Phi) is 4.85. The Morgan fingerprint density at radius 1 is 1.24 bits per heavy atom. The molecular weight excluding hydrogens is 268 g/mol. The summed E-state index contributed by atoms with van der Waals surface area (Å²) in [4.78, 5) is 12.1. The molecule has 3 rings (SSSR count). The Morgan fingerprint density at radius 3 is 2.81 bits per heavy atom. The standard InChI is InChI=1S/C15H24N4O2/c20-15(16-10-13-8-4-5-9-21-13)14-11-19(18-17-14)12-6-2-1-3-7-12/h11-13H,1-10H2,(H,16,20). The Labute approximate surface area is 125 Å². The molecule has 21 heavy (non-hydrogen) atoms. The molecule has 1 unspecified atom stereocenters. The highest BCUT2D eigenvalue weighted by molar-refractivity contribution is 5.91. The van der Waals surface area contributed by atoms with Gasteiger partial charge in [-0.25, -0.2) is 4.68 Å². The SMILES string of the molecule is O=C(NCC1CCCCO1)c1cn(C2CCCCC2)nn1. The van der Waals surface area contributed by atoms with E-state index < -0.39 is 0 Å². The van der Waals surface area contributed by atoms with E-state index in [1.807, 2.05) is 4.68 Å². The van der Waals surface area contributed by atoms with E-state index in [9.17, 15) is 4.79 Å². The molecule has 1 aliphatic heterocycles. The molecule has 1 aromatic heterocycles. The van der Waals surface area contributed by atoms with Crippen molar-refractivity contribution < 1.29 is 9.53 Å². The fraction of sp³-hybridized carbons (Fsp3) is 0.800. The van der Waals surface area contributed by atoms with Crippen LogP contribution in [0.4, 0.5) is 0 Å². The molecule has 2 heterocycles. The van der Waals surface area contributed by atoms with Gasteiger partial charge in [-0.1, -0.05) is 24.5 Å². The molecule has 0 aromatic carbocycles. The minimum Gasteiger partial charge on any atom is -0.376 e. The number of aromatic nitrogens is 3. The van der Waals surface area contributed by atoms with Gasteiger partial charge in [-0.05, 0) is 32.1 Å². The fourth-order valence-corrected chi connectivity index (χ4v) is 3.17. The molecule has 1 saturated carbocycles. The van der Waals surface area contributed by atoms with Crippen molar-refractivity contribution in [2.45, 2.75) is 63.5 Å². The lowest BCUT2D eigenvalue weighted by Gasteiger charge is -2.22. The van der Waals surface area contributed by atoms with Crippen LogP contribution in [0.1, 0.15) is 67.9 Å². The lowest BCUT2D eigenvalue weighted by Crippen LogP contribution is -2.35. The van der Waals surface area contributed by atoms with Crippen LogP contribution < -0.4 is 5.32 Å². The Hall–Kier alpha value is -1.43.